The maximum absolute atomic E-state index is 11.0. The van der Waals surface area contributed by atoms with E-state index in [0.717, 1.165) is 0 Å². The molecule has 0 radical (unpaired) electrons. The molecule has 14 heavy (non-hydrogen) atoms. The predicted octanol–water partition coefficient (Wildman–Crippen LogP) is 1.58. The Morgan fingerprint density at radius 1 is 1.57 bits per heavy atom. The highest BCUT2D eigenvalue weighted by atomic mass is 35.5. The molecule has 0 aliphatic carbocycles. The van der Waals surface area contributed by atoms with Gasteiger partial charge in [-0.2, -0.15) is 0 Å². The number of thiophene rings is 1. The van der Waals surface area contributed by atoms with Gasteiger partial charge in [-0.15, -0.1) is 22.9 Å². The molecular formula is C9H11ClO3S. The number of rotatable bonds is 4. The highest BCUT2D eigenvalue weighted by molar-refractivity contribution is 7.14. The maximum Gasteiger partial charge on any atom is 0.169 e. The molecule has 0 saturated heterocycles. The molecule has 2 unspecified atom stereocenters. The second-order valence-corrected chi connectivity index (χ2v) is 4.35. The van der Waals surface area contributed by atoms with Crippen LogP contribution in [0.1, 0.15) is 27.6 Å². The van der Waals surface area contributed by atoms with Gasteiger partial charge < -0.3 is 10.2 Å². The van der Waals surface area contributed by atoms with Gasteiger partial charge in [-0.05, 0) is 19.1 Å². The minimum absolute atomic E-state index is 0.0333. The Kier molecular flexibility index (Phi) is 4.07. The van der Waals surface area contributed by atoms with Crippen LogP contribution in [0.3, 0.4) is 0 Å². The summed E-state index contributed by atoms with van der Waals surface area (Å²) in [5, 5.41) is 18.8. The van der Waals surface area contributed by atoms with E-state index < -0.39 is 12.2 Å². The van der Waals surface area contributed by atoms with Crippen molar-refractivity contribution < 1.29 is 15.0 Å². The van der Waals surface area contributed by atoms with Gasteiger partial charge in [-0.25, -0.2) is 0 Å². The Morgan fingerprint density at radius 2 is 2.21 bits per heavy atom. The third kappa shape index (κ3) is 2.54. The topological polar surface area (TPSA) is 57.5 Å². The Labute approximate surface area is 90.9 Å². The van der Waals surface area contributed by atoms with Crippen molar-refractivity contribution in [3.05, 3.63) is 21.9 Å². The third-order valence-electron chi connectivity index (χ3n) is 1.79. The van der Waals surface area contributed by atoms with Gasteiger partial charge in [0, 0.05) is 4.88 Å². The summed E-state index contributed by atoms with van der Waals surface area (Å²) in [5.74, 6) is -0.0807. The van der Waals surface area contributed by atoms with E-state index in [4.69, 9.17) is 11.6 Å². The van der Waals surface area contributed by atoms with E-state index in [1.165, 1.54) is 18.3 Å². The zero-order valence-corrected chi connectivity index (χ0v) is 9.18. The molecule has 5 heteroatoms. The number of halogens is 1. The van der Waals surface area contributed by atoms with E-state index in [2.05, 4.69) is 0 Å². The molecule has 1 aromatic rings. The van der Waals surface area contributed by atoms with E-state index in [-0.39, 0.29) is 11.7 Å². The number of Topliss-reactive ketones (excluding diaryl/α,β-unsaturated/α-hetero) is 1. The zero-order valence-electron chi connectivity index (χ0n) is 7.61. The molecule has 0 saturated carbocycles. The van der Waals surface area contributed by atoms with E-state index >= 15 is 0 Å². The van der Waals surface area contributed by atoms with Gasteiger partial charge in [0.1, 0.15) is 6.10 Å². The van der Waals surface area contributed by atoms with Crippen LogP contribution in [0.25, 0.3) is 0 Å². The Hall–Kier alpha value is -0.420. The van der Waals surface area contributed by atoms with Crippen LogP contribution in [0.15, 0.2) is 12.1 Å². The van der Waals surface area contributed by atoms with Crippen LogP contribution in [0, 0.1) is 0 Å². The van der Waals surface area contributed by atoms with Crippen molar-refractivity contribution in [2.45, 2.75) is 19.1 Å². The molecule has 78 valence electrons. The number of hydrogen-bond donors (Lipinski definition) is 2. The normalized spacial score (nSPS) is 15.1. The first-order valence-electron chi connectivity index (χ1n) is 4.09. The van der Waals surface area contributed by atoms with Gasteiger partial charge in [0.05, 0.1) is 16.9 Å². The van der Waals surface area contributed by atoms with Crippen molar-refractivity contribution in [3.8, 4) is 0 Å². The predicted molar refractivity (Wildman–Crippen MR) is 56.0 cm³/mol. The second kappa shape index (κ2) is 4.89. The highest BCUT2D eigenvalue weighted by Gasteiger charge is 2.19. The Balaban J connectivity index is 2.81. The van der Waals surface area contributed by atoms with E-state index in [1.807, 2.05) is 0 Å². The number of carbonyl (C=O) groups excluding carboxylic acids is 1. The molecule has 0 spiro atoms. The molecular weight excluding hydrogens is 224 g/mol. The van der Waals surface area contributed by atoms with Crippen molar-refractivity contribution in [1.29, 1.82) is 0 Å². The summed E-state index contributed by atoms with van der Waals surface area (Å²) in [6.07, 6.45) is -2.00. The first-order valence-corrected chi connectivity index (χ1v) is 5.44. The number of carbonyl (C=O) groups is 1. The summed E-state index contributed by atoms with van der Waals surface area (Å²) >= 11 is 6.57. The average Bonchev–Trinajstić information content (AvgIpc) is 2.64. The van der Waals surface area contributed by atoms with Crippen LogP contribution in [0.5, 0.6) is 0 Å². The average molecular weight is 235 g/mol. The molecule has 0 aliphatic rings. The smallest absolute Gasteiger partial charge is 0.169 e. The van der Waals surface area contributed by atoms with Gasteiger partial charge in [-0.1, -0.05) is 0 Å². The van der Waals surface area contributed by atoms with Crippen LogP contribution >= 0.6 is 22.9 Å². The Morgan fingerprint density at radius 3 is 2.64 bits per heavy atom. The number of aliphatic hydroxyl groups is 2. The zero-order chi connectivity index (χ0) is 10.7. The lowest BCUT2D eigenvalue weighted by Crippen LogP contribution is -2.18. The summed E-state index contributed by atoms with van der Waals surface area (Å²) in [4.78, 5) is 12.1. The maximum atomic E-state index is 11.0. The fourth-order valence-electron chi connectivity index (χ4n) is 0.975. The summed E-state index contributed by atoms with van der Waals surface area (Å²) in [6, 6.07) is 3.26. The van der Waals surface area contributed by atoms with Crippen molar-refractivity contribution in [2.75, 3.05) is 5.88 Å². The monoisotopic (exact) mass is 234 g/mol. The molecule has 1 aromatic heterocycles. The lowest BCUT2D eigenvalue weighted by atomic mass is 10.2. The first-order chi connectivity index (χ1) is 6.56. The third-order valence-corrected chi connectivity index (χ3v) is 3.36. The number of aliphatic hydroxyl groups excluding tert-OH is 2. The van der Waals surface area contributed by atoms with Gasteiger partial charge >= 0.3 is 0 Å². The van der Waals surface area contributed by atoms with Crippen molar-refractivity contribution in [2.24, 2.45) is 0 Å². The molecule has 0 fully saturated rings. The summed E-state index contributed by atoms with van der Waals surface area (Å²) in [7, 11) is 0. The van der Waals surface area contributed by atoms with Gasteiger partial charge in [0.2, 0.25) is 0 Å². The van der Waals surface area contributed by atoms with Crippen LogP contribution in [-0.2, 0) is 0 Å². The largest absolute Gasteiger partial charge is 0.389 e. The van der Waals surface area contributed by atoms with Crippen molar-refractivity contribution >= 4 is 28.7 Å². The van der Waals surface area contributed by atoms with Crippen molar-refractivity contribution in [1.82, 2.24) is 0 Å². The van der Waals surface area contributed by atoms with Crippen molar-refractivity contribution in [3.63, 3.8) is 0 Å². The number of alkyl halides is 1. The second-order valence-electron chi connectivity index (χ2n) is 2.92. The van der Waals surface area contributed by atoms with E-state index in [9.17, 15) is 15.0 Å². The first kappa shape index (κ1) is 11.7. The standard InChI is InChI=1S/C9H11ClO3S/c1-5(11)7-2-3-8(14-7)9(13)6(12)4-10/h2-3,6,9,12-13H,4H2,1H3. The van der Waals surface area contributed by atoms with Crippen LogP contribution in [-0.4, -0.2) is 28.0 Å². The fraction of sp³-hybridized carbons (Fsp3) is 0.444. The molecule has 1 rings (SSSR count). The molecule has 0 aliphatic heterocycles. The van der Waals surface area contributed by atoms with E-state index in [1.54, 1.807) is 12.1 Å². The number of ketones is 1. The lowest BCUT2D eigenvalue weighted by Gasteiger charge is -2.12. The van der Waals surface area contributed by atoms with Crippen LogP contribution in [0.2, 0.25) is 0 Å². The quantitative estimate of drug-likeness (QED) is 0.614. The van der Waals surface area contributed by atoms with Crippen LogP contribution < -0.4 is 0 Å². The molecule has 0 bridgehead atoms. The van der Waals surface area contributed by atoms with Crippen LogP contribution in [0.4, 0.5) is 0 Å². The van der Waals surface area contributed by atoms with Gasteiger partial charge in [-0.3, -0.25) is 4.79 Å². The van der Waals surface area contributed by atoms with Gasteiger partial charge in [0.15, 0.2) is 5.78 Å². The molecule has 2 N–H and O–H groups in total. The fourth-order valence-corrected chi connectivity index (χ4v) is 2.09. The highest BCUT2D eigenvalue weighted by Crippen LogP contribution is 2.26. The minimum atomic E-state index is -1.01. The summed E-state index contributed by atoms with van der Waals surface area (Å²) in [5.41, 5.74) is 0. The molecule has 0 aromatic carbocycles. The summed E-state index contributed by atoms with van der Waals surface area (Å²) in [6.45, 7) is 1.46. The lowest BCUT2D eigenvalue weighted by molar-refractivity contribution is 0.0350. The number of hydrogen-bond acceptors (Lipinski definition) is 4. The van der Waals surface area contributed by atoms with Gasteiger partial charge in [0.25, 0.3) is 0 Å². The SMILES string of the molecule is CC(=O)c1ccc(C(O)C(O)CCl)s1. The Bertz CT molecular complexity index is 324. The molecule has 2 atom stereocenters. The molecule has 3 nitrogen and oxygen atoms in total. The minimum Gasteiger partial charge on any atom is -0.389 e. The summed E-state index contributed by atoms with van der Waals surface area (Å²) < 4.78 is 0. The molecule has 1 heterocycles. The molecule has 0 amide bonds. The van der Waals surface area contributed by atoms with E-state index in [0.29, 0.717) is 9.75 Å².